The minimum absolute atomic E-state index is 0.00519. The maximum atomic E-state index is 13.5. The van der Waals surface area contributed by atoms with Crippen LogP contribution in [-0.4, -0.2) is 44.1 Å². The lowest BCUT2D eigenvalue weighted by Gasteiger charge is -2.31. The van der Waals surface area contributed by atoms with E-state index < -0.39 is 47.8 Å². The van der Waals surface area contributed by atoms with Crippen LogP contribution in [0.5, 0.6) is 0 Å². The zero-order valence-electron chi connectivity index (χ0n) is 20.0. The van der Waals surface area contributed by atoms with E-state index in [2.05, 4.69) is 20.4 Å². The summed E-state index contributed by atoms with van der Waals surface area (Å²) in [7, 11) is 0. The molecule has 3 N–H and O–H groups in total. The van der Waals surface area contributed by atoms with Gasteiger partial charge in [-0.15, -0.1) is 0 Å². The second-order valence-electron chi connectivity index (χ2n) is 10.9. The lowest BCUT2D eigenvalue weighted by atomic mass is 9.81. The minimum atomic E-state index is -4.40. The molecule has 12 heteroatoms. The van der Waals surface area contributed by atoms with Gasteiger partial charge in [-0.25, -0.2) is 23.3 Å². The van der Waals surface area contributed by atoms with Crippen molar-refractivity contribution in [1.29, 1.82) is 0 Å². The van der Waals surface area contributed by atoms with E-state index in [9.17, 15) is 26.7 Å². The molecule has 194 valence electrons. The molecule has 0 radical (unpaired) electrons. The van der Waals surface area contributed by atoms with E-state index in [0.29, 0.717) is 29.9 Å². The van der Waals surface area contributed by atoms with Crippen LogP contribution in [0.25, 0.3) is 5.78 Å². The summed E-state index contributed by atoms with van der Waals surface area (Å²) in [5, 5.41) is 6.95. The number of hydrogen-bond acceptors (Lipinski definition) is 5. The number of imidazole rings is 1. The van der Waals surface area contributed by atoms with Gasteiger partial charge in [0.1, 0.15) is 0 Å². The van der Waals surface area contributed by atoms with Crippen LogP contribution in [0, 0.1) is 17.8 Å². The van der Waals surface area contributed by atoms with E-state index in [4.69, 9.17) is 5.73 Å². The normalized spacial score (nSPS) is 25.0. The fraction of sp³-hybridized carbons (Fsp3) is 0.739. The molecule has 1 amide bonds. The topological polar surface area (TPSA) is 98.2 Å². The standard InChI is InChI=1S/C23H31F5N6O/c1-21(2,3)18-15(9-13-8-14(23(26,27)28)10-30-19(13)35)33-34-11-16(31-20(34)32-18)17(29)12-4-6-22(24,25)7-5-12/h11-14,17H,4-10,29H2,1-3H3,(H,30,35)/t13-,14+,17+/m1/s1. The highest BCUT2D eigenvalue weighted by Crippen LogP contribution is 2.40. The number of halogens is 5. The molecule has 7 nitrogen and oxygen atoms in total. The lowest BCUT2D eigenvalue weighted by molar-refractivity contribution is -0.183. The zero-order chi connectivity index (χ0) is 25.8. The highest BCUT2D eigenvalue weighted by Gasteiger charge is 2.45. The number of carbonyl (C=O) groups excluding carboxylic acids is 1. The summed E-state index contributed by atoms with van der Waals surface area (Å²) < 4.78 is 68.4. The van der Waals surface area contributed by atoms with Gasteiger partial charge >= 0.3 is 6.18 Å². The molecule has 1 saturated carbocycles. The van der Waals surface area contributed by atoms with Crippen molar-refractivity contribution in [2.45, 2.75) is 82.9 Å². The van der Waals surface area contributed by atoms with Crippen LogP contribution in [-0.2, 0) is 16.6 Å². The number of alkyl halides is 5. The van der Waals surface area contributed by atoms with E-state index in [1.54, 1.807) is 6.20 Å². The predicted molar refractivity (Wildman–Crippen MR) is 118 cm³/mol. The number of aromatic nitrogens is 4. The van der Waals surface area contributed by atoms with Gasteiger partial charge < -0.3 is 11.1 Å². The van der Waals surface area contributed by atoms with Crippen molar-refractivity contribution in [1.82, 2.24) is 24.9 Å². The smallest absolute Gasteiger partial charge is 0.355 e. The van der Waals surface area contributed by atoms with Gasteiger partial charge in [-0.2, -0.15) is 18.3 Å². The first-order valence-corrected chi connectivity index (χ1v) is 11.9. The number of fused-ring (bicyclic) bond motifs is 1. The van der Waals surface area contributed by atoms with E-state index in [-0.39, 0.29) is 37.4 Å². The SMILES string of the molecule is CC(C)(C)c1nc2nc([C@@H](N)C3CCC(F)(F)CC3)cn2nc1C[C@H]1C[C@H](C(F)(F)F)CNC1=O. The fourth-order valence-electron chi connectivity index (χ4n) is 4.99. The van der Waals surface area contributed by atoms with Crippen LogP contribution in [0.1, 0.15) is 76.0 Å². The molecular weight excluding hydrogens is 471 g/mol. The Morgan fingerprint density at radius 2 is 1.86 bits per heavy atom. The monoisotopic (exact) mass is 502 g/mol. The van der Waals surface area contributed by atoms with Crippen LogP contribution >= 0.6 is 0 Å². The third kappa shape index (κ3) is 5.57. The summed E-state index contributed by atoms with van der Waals surface area (Å²) in [6.45, 7) is 5.27. The first-order chi connectivity index (χ1) is 16.1. The molecule has 1 aliphatic heterocycles. The summed E-state index contributed by atoms with van der Waals surface area (Å²) in [6, 6.07) is -0.562. The molecule has 2 aliphatic rings. The van der Waals surface area contributed by atoms with Gasteiger partial charge in [0.15, 0.2) is 0 Å². The Bertz CT molecular complexity index is 1080. The molecule has 1 saturated heterocycles. The van der Waals surface area contributed by atoms with Gasteiger partial charge in [-0.1, -0.05) is 20.8 Å². The van der Waals surface area contributed by atoms with Crippen LogP contribution in [0.3, 0.4) is 0 Å². The number of amides is 1. The Hall–Kier alpha value is -2.37. The Labute approximate surface area is 200 Å². The molecule has 1 aliphatic carbocycles. The number of rotatable bonds is 4. The molecule has 0 unspecified atom stereocenters. The van der Waals surface area contributed by atoms with E-state index in [1.807, 2.05) is 20.8 Å². The van der Waals surface area contributed by atoms with E-state index >= 15 is 0 Å². The van der Waals surface area contributed by atoms with Crippen LogP contribution in [0.4, 0.5) is 22.0 Å². The molecule has 3 heterocycles. The van der Waals surface area contributed by atoms with Gasteiger partial charge in [0, 0.05) is 37.1 Å². The number of piperidine rings is 1. The summed E-state index contributed by atoms with van der Waals surface area (Å²) in [5.74, 6) is -5.48. The Kier molecular flexibility index (Phi) is 6.56. The highest BCUT2D eigenvalue weighted by molar-refractivity contribution is 5.79. The summed E-state index contributed by atoms with van der Waals surface area (Å²) >= 11 is 0. The fourth-order valence-corrected chi connectivity index (χ4v) is 4.99. The molecule has 0 bridgehead atoms. The minimum Gasteiger partial charge on any atom is -0.355 e. The molecule has 4 rings (SSSR count). The van der Waals surface area contributed by atoms with Crippen LogP contribution < -0.4 is 11.1 Å². The first-order valence-electron chi connectivity index (χ1n) is 11.9. The predicted octanol–water partition coefficient (Wildman–Crippen LogP) is 4.10. The van der Waals surface area contributed by atoms with Gasteiger partial charge in [0.05, 0.1) is 35.2 Å². The maximum Gasteiger partial charge on any atom is 0.393 e. The molecule has 0 spiro atoms. The Balaban J connectivity index is 1.63. The van der Waals surface area contributed by atoms with Gasteiger partial charge in [-0.3, -0.25) is 4.79 Å². The molecule has 35 heavy (non-hydrogen) atoms. The number of nitrogens with zero attached hydrogens (tertiary/aromatic N) is 4. The second-order valence-corrected chi connectivity index (χ2v) is 10.9. The van der Waals surface area contributed by atoms with Crippen molar-refractivity contribution >= 4 is 11.7 Å². The van der Waals surface area contributed by atoms with Crippen molar-refractivity contribution in [3.05, 3.63) is 23.3 Å². The average molecular weight is 503 g/mol. The molecule has 0 aromatic carbocycles. The number of carbonyl (C=O) groups is 1. The molecule has 2 fully saturated rings. The van der Waals surface area contributed by atoms with Gasteiger partial charge in [0.2, 0.25) is 11.8 Å². The highest BCUT2D eigenvalue weighted by atomic mass is 19.4. The largest absolute Gasteiger partial charge is 0.393 e. The van der Waals surface area contributed by atoms with Crippen molar-refractivity contribution in [2.24, 2.45) is 23.5 Å². The Morgan fingerprint density at radius 1 is 1.20 bits per heavy atom. The third-order valence-corrected chi connectivity index (χ3v) is 7.09. The summed E-state index contributed by atoms with van der Waals surface area (Å²) in [4.78, 5) is 21.5. The zero-order valence-corrected chi connectivity index (χ0v) is 20.0. The number of nitrogens with one attached hydrogen (secondary N) is 1. The Morgan fingerprint density at radius 3 is 2.46 bits per heavy atom. The molecule has 3 atom stereocenters. The van der Waals surface area contributed by atoms with Gasteiger partial charge in [-0.05, 0) is 25.2 Å². The summed E-state index contributed by atoms with van der Waals surface area (Å²) in [5.41, 5.74) is 7.29. The van der Waals surface area contributed by atoms with Crippen molar-refractivity contribution < 1.29 is 26.7 Å². The molecule has 2 aromatic heterocycles. The van der Waals surface area contributed by atoms with Crippen molar-refractivity contribution in [3.8, 4) is 0 Å². The summed E-state index contributed by atoms with van der Waals surface area (Å²) in [6.07, 6.45) is -2.96. The third-order valence-electron chi connectivity index (χ3n) is 7.09. The first kappa shape index (κ1) is 25.7. The van der Waals surface area contributed by atoms with Crippen molar-refractivity contribution in [3.63, 3.8) is 0 Å². The van der Waals surface area contributed by atoms with E-state index in [0.717, 1.165) is 0 Å². The lowest BCUT2D eigenvalue weighted by Crippen LogP contribution is -2.47. The van der Waals surface area contributed by atoms with Crippen molar-refractivity contribution in [2.75, 3.05) is 6.54 Å². The average Bonchev–Trinajstić information content (AvgIpc) is 3.16. The number of hydrogen-bond donors (Lipinski definition) is 2. The van der Waals surface area contributed by atoms with Crippen LogP contribution in [0.15, 0.2) is 6.20 Å². The second kappa shape index (κ2) is 8.94. The molecular formula is C23H31F5N6O. The van der Waals surface area contributed by atoms with E-state index in [1.165, 1.54) is 4.52 Å². The molecule has 2 aromatic rings. The number of nitrogens with two attached hydrogens (primary N) is 1. The quantitative estimate of drug-likeness (QED) is 0.614. The maximum absolute atomic E-state index is 13.5. The van der Waals surface area contributed by atoms with Gasteiger partial charge in [0.25, 0.3) is 5.78 Å². The van der Waals surface area contributed by atoms with Crippen LogP contribution in [0.2, 0.25) is 0 Å².